The Morgan fingerprint density at radius 1 is 1.30 bits per heavy atom. The molecule has 0 bridgehead atoms. The van der Waals surface area contributed by atoms with E-state index in [2.05, 4.69) is 10.1 Å². The number of anilines is 1. The van der Waals surface area contributed by atoms with Crippen LogP contribution in [0.2, 0.25) is 0 Å². The van der Waals surface area contributed by atoms with E-state index in [-0.39, 0.29) is 42.2 Å². The van der Waals surface area contributed by atoms with Gasteiger partial charge in [-0.1, -0.05) is 0 Å². The van der Waals surface area contributed by atoms with E-state index in [0.29, 0.717) is 0 Å². The van der Waals surface area contributed by atoms with E-state index in [9.17, 15) is 29.8 Å². The van der Waals surface area contributed by atoms with Gasteiger partial charge in [-0.15, -0.1) is 0 Å². The van der Waals surface area contributed by atoms with Crippen molar-refractivity contribution in [2.75, 3.05) is 32.1 Å². The van der Waals surface area contributed by atoms with E-state index in [4.69, 9.17) is 5.11 Å². The number of nitrogens with zero attached hydrogens (tertiary/aromatic N) is 3. The Bertz CT molecular complexity index is 828. The minimum atomic E-state index is -0.803. The quantitative estimate of drug-likeness (QED) is 0.389. The second-order valence-electron chi connectivity index (χ2n) is 5.57. The monoisotopic (exact) mass is 380 g/mol. The van der Waals surface area contributed by atoms with E-state index in [0.717, 1.165) is 19.2 Å². The summed E-state index contributed by atoms with van der Waals surface area (Å²) in [7, 11) is 1.12. The molecule has 144 valence electrons. The largest absolute Gasteiger partial charge is 0.466 e. The number of amides is 1. The number of nitro groups is 2. The van der Waals surface area contributed by atoms with Crippen molar-refractivity contribution in [1.82, 2.24) is 4.90 Å². The zero-order valence-corrected chi connectivity index (χ0v) is 14.4. The van der Waals surface area contributed by atoms with Crippen LogP contribution in [0.25, 0.3) is 0 Å². The molecule has 0 spiro atoms. The van der Waals surface area contributed by atoms with Crippen LogP contribution in [0.4, 0.5) is 17.1 Å². The number of β-amino-alcohol motifs (C(OH)–C–C–N with tert-alkyl or cyclic N) is 1. The molecule has 2 rings (SSSR count). The van der Waals surface area contributed by atoms with Crippen LogP contribution in [-0.4, -0.2) is 58.5 Å². The van der Waals surface area contributed by atoms with E-state index >= 15 is 0 Å². The van der Waals surface area contributed by atoms with Gasteiger partial charge in [0.15, 0.2) is 0 Å². The molecule has 0 radical (unpaired) electrons. The molecule has 0 saturated carbocycles. The average Bonchev–Trinajstić information content (AvgIpc) is 2.91. The van der Waals surface area contributed by atoms with Crippen LogP contribution >= 0.6 is 0 Å². The van der Waals surface area contributed by atoms with Gasteiger partial charge in [0.05, 0.1) is 41.4 Å². The van der Waals surface area contributed by atoms with Gasteiger partial charge in [0.1, 0.15) is 11.3 Å². The van der Waals surface area contributed by atoms with Gasteiger partial charge in [-0.25, -0.2) is 4.79 Å². The molecule has 12 nitrogen and oxygen atoms in total. The number of benzene rings is 1. The molecule has 0 fully saturated rings. The standard InChI is InChI=1S/C15H16N4O8/c1-8-11(18(23)24)5-9(6-12(8)19(25)26)16-13-10(15(22)27-2)7-17(3-4-20)14(13)21/h5-6,16,20H,3-4,7H2,1-2H3. The Kier molecular flexibility index (Phi) is 5.70. The number of nitrogens with one attached hydrogen (secondary N) is 1. The smallest absolute Gasteiger partial charge is 0.337 e. The fraction of sp³-hybridized carbons (Fsp3) is 0.333. The summed E-state index contributed by atoms with van der Waals surface area (Å²) in [6, 6.07) is 2.07. The van der Waals surface area contributed by atoms with Gasteiger partial charge in [-0.05, 0) is 6.92 Å². The predicted octanol–water partition coefficient (Wildman–Crippen LogP) is 0.485. The molecule has 12 heteroatoms. The van der Waals surface area contributed by atoms with Crippen molar-refractivity contribution in [3.05, 3.63) is 49.2 Å². The molecule has 0 unspecified atom stereocenters. The molecule has 1 heterocycles. The van der Waals surface area contributed by atoms with Gasteiger partial charge in [0, 0.05) is 18.7 Å². The minimum Gasteiger partial charge on any atom is -0.466 e. The van der Waals surface area contributed by atoms with E-state index in [1.54, 1.807) is 0 Å². The fourth-order valence-corrected chi connectivity index (χ4v) is 2.63. The maximum absolute atomic E-state index is 12.5. The highest BCUT2D eigenvalue weighted by Crippen LogP contribution is 2.33. The van der Waals surface area contributed by atoms with Crippen LogP contribution < -0.4 is 5.32 Å². The predicted molar refractivity (Wildman–Crippen MR) is 90.8 cm³/mol. The molecule has 27 heavy (non-hydrogen) atoms. The van der Waals surface area contributed by atoms with Gasteiger partial charge in [0.2, 0.25) is 0 Å². The highest BCUT2D eigenvalue weighted by molar-refractivity contribution is 6.08. The van der Waals surface area contributed by atoms with Crippen molar-refractivity contribution in [2.45, 2.75) is 6.92 Å². The van der Waals surface area contributed by atoms with Crippen LogP contribution in [0.1, 0.15) is 5.56 Å². The molecule has 0 aromatic heterocycles. The van der Waals surface area contributed by atoms with Crippen LogP contribution in [0.5, 0.6) is 0 Å². The fourth-order valence-electron chi connectivity index (χ4n) is 2.63. The Hall–Kier alpha value is -3.54. The van der Waals surface area contributed by atoms with Gasteiger partial charge in [-0.2, -0.15) is 0 Å². The van der Waals surface area contributed by atoms with Crippen LogP contribution in [-0.2, 0) is 14.3 Å². The Morgan fingerprint density at radius 2 is 1.85 bits per heavy atom. The van der Waals surface area contributed by atoms with Gasteiger partial charge in [0.25, 0.3) is 17.3 Å². The lowest BCUT2D eigenvalue weighted by molar-refractivity contribution is -0.395. The van der Waals surface area contributed by atoms with E-state index in [1.807, 2.05) is 0 Å². The number of methoxy groups -OCH3 is 1. The summed E-state index contributed by atoms with van der Waals surface area (Å²) in [6.45, 7) is 0.723. The van der Waals surface area contributed by atoms with Crippen molar-refractivity contribution in [2.24, 2.45) is 0 Å². The lowest BCUT2D eigenvalue weighted by atomic mass is 10.1. The topological polar surface area (TPSA) is 165 Å². The third kappa shape index (κ3) is 3.84. The Balaban J connectivity index is 2.52. The normalized spacial score (nSPS) is 13.7. The molecule has 0 atom stereocenters. The number of aliphatic hydroxyl groups excluding tert-OH is 1. The first kappa shape index (κ1) is 19.8. The lowest BCUT2D eigenvalue weighted by Crippen LogP contribution is -2.31. The number of esters is 1. The number of carbonyl (C=O) groups excluding carboxylic acids is 2. The van der Waals surface area contributed by atoms with Crippen LogP contribution in [0.3, 0.4) is 0 Å². The average molecular weight is 380 g/mol. The summed E-state index contributed by atoms with van der Waals surface area (Å²) in [5.74, 6) is -1.45. The molecule has 2 N–H and O–H groups in total. The number of nitro benzene ring substituents is 2. The Labute approximate surface area is 152 Å². The number of hydrogen-bond acceptors (Lipinski definition) is 9. The first-order valence-corrected chi connectivity index (χ1v) is 7.63. The number of hydrogen-bond donors (Lipinski definition) is 2. The van der Waals surface area contributed by atoms with Gasteiger partial charge in [-0.3, -0.25) is 25.0 Å². The third-order valence-corrected chi connectivity index (χ3v) is 3.97. The van der Waals surface area contributed by atoms with Gasteiger partial charge < -0.3 is 20.1 Å². The van der Waals surface area contributed by atoms with E-state index < -0.39 is 33.1 Å². The summed E-state index contributed by atoms with van der Waals surface area (Å²) in [6.07, 6.45) is 0. The molecule has 1 amide bonds. The number of ether oxygens (including phenoxy) is 1. The van der Waals surface area contributed by atoms with Crippen molar-refractivity contribution in [3.63, 3.8) is 0 Å². The highest BCUT2D eigenvalue weighted by atomic mass is 16.6. The maximum Gasteiger partial charge on any atom is 0.337 e. The van der Waals surface area contributed by atoms with Crippen molar-refractivity contribution in [3.8, 4) is 0 Å². The number of rotatable bonds is 7. The molecule has 1 aliphatic heterocycles. The van der Waals surface area contributed by atoms with Gasteiger partial charge >= 0.3 is 5.97 Å². The lowest BCUT2D eigenvalue weighted by Gasteiger charge is -2.15. The summed E-state index contributed by atoms with van der Waals surface area (Å²) in [5, 5.41) is 33.9. The van der Waals surface area contributed by atoms with Crippen LogP contribution in [0.15, 0.2) is 23.4 Å². The third-order valence-electron chi connectivity index (χ3n) is 3.97. The molecular weight excluding hydrogens is 364 g/mol. The van der Waals surface area contributed by atoms with Crippen LogP contribution in [0, 0.1) is 27.2 Å². The zero-order valence-electron chi connectivity index (χ0n) is 14.4. The molecule has 1 aromatic rings. The number of carbonyl (C=O) groups is 2. The summed E-state index contributed by atoms with van der Waals surface area (Å²) < 4.78 is 4.63. The van der Waals surface area contributed by atoms with Crippen molar-refractivity contribution >= 4 is 28.9 Å². The summed E-state index contributed by atoms with van der Waals surface area (Å²) >= 11 is 0. The summed E-state index contributed by atoms with van der Waals surface area (Å²) in [4.78, 5) is 46.3. The Morgan fingerprint density at radius 3 is 2.30 bits per heavy atom. The molecule has 0 saturated heterocycles. The summed E-state index contributed by atoms with van der Waals surface area (Å²) in [5.41, 5.74) is -1.54. The maximum atomic E-state index is 12.5. The zero-order chi connectivity index (χ0) is 20.3. The second-order valence-corrected chi connectivity index (χ2v) is 5.57. The molecular formula is C15H16N4O8. The van der Waals surface area contributed by atoms with E-state index in [1.165, 1.54) is 11.8 Å². The molecule has 1 aromatic carbocycles. The highest BCUT2D eigenvalue weighted by Gasteiger charge is 2.35. The molecule has 1 aliphatic rings. The first-order valence-electron chi connectivity index (χ1n) is 7.63. The second kappa shape index (κ2) is 7.78. The number of aliphatic hydroxyl groups is 1. The van der Waals surface area contributed by atoms with Crippen molar-refractivity contribution in [1.29, 1.82) is 0 Å². The van der Waals surface area contributed by atoms with Crippen molar-refractivity contribution < 1.29 is 29.3 Å². The SMILES string of the molecule is COC(=O)C1=C(Nc2cc([N+](=O)[O-])c(C)c([N+](=O)[O-])c2)C(=O)N(CCO)C1. The minimum absolute atomic E-state index is 0.0430. The first-order chi connectivity index (χ1) is 12.7. The molecule has 0 aliphatic carbocycles.